The molecule has 70 valence electrons. The van der Waals surface area contributed by atoms with Crippen LogP contribution in [0.4, 0.5) is 0 Å². The van der Waals surface area contributed by atoms with E-state index in [1.165, 1.54) is 25.7 Å². The van der Waals surface area contributed by atoms with E-state index < -0.39 is 0 Å². The topological polar surface area (TPSA) is 18.5 Å². The minimum Gasteiger partial charge on any atom is -0.353 e. The third-order valence-corrected chi connectivity index (χ3v) is 3.04. The van der Waals surface area contributed by atoms with Gasteiger partial charge in [-0.15, -0.1) is 0 Å². The van der Waals surface area contributed by atoms with Crippen LogP contribution in [0.25, 0.3) is 0 Å². The van der Waals surface area contributed by atoms with Crippen LogP contribution in [-0.4, -0.2) is 19.0 Å². The van der Waals surface area contributed by atoms with E-state index in [-0.39, 0.29) is 6.29 Å². The Bertz CT molecular complexity index is 147. The molecule has 2 rings (SSSR count). The van der Waals surface area contributed by atoms with Crippen LogP contribution in [0.2, 0.25) is 0 Å². The molecule has 3 atom stereocenters. The summed E-state index contributed by atoms with van der Waals surface area (Å²) in [4.78, 5) is 0. The predicted octanol–water partition coefficient (Wildman–Crippen LogP) is 2.33. The van der Waals surface area contributed by atoms with E-state index in [4.69, 9.17) is 9.47 Å². The monoisotopic (exact) mass is 170 g/mol. The molecule has 0 radical (unpaired) electrons. The van der Waals surface area contributed by atoms with Crippen LogP contribution < -0.4 is 0 Å². The molecule has 0 amide bonds. The Balaban J connectivity index is 1.84. The maximum absolute atomic E-state index is 5.83. The Morgan fingerprint density at radius 2 is 2.17 bits per heavy atom. The Morgan fingerprint density at radius 1 is 1.25 bits per heavy atom. The van der Waals surface area contributed by atoms with Crippen LogP contribution in [0, 0.1) is 5.92 Å². The molecule has 0 aromatic rings. The van der Waals surface area contributed by atoms with Gasteiger partial charge >= 0.3 is 0 Å². The summed E-state index contributed by atoms with van der Waals surface area (Å²) in [7, 11) is 0. The molecule has 0 aromatic carbocycles. The van der Waals surface area contributed by atoms with Crippen molar-refractivity contribution < 1.29 is 9.47 Å². The number of fused-ring (bicyclic) bond motifs is 1. The molecule has 3 unspecified atom stereocenters. The van der Waals surface area contributed by atoms with Crippen molar-refractivity contribution in [3.05, 3.63) is 0 Å². The fourth-order valence-corrected chi connectivity index (χ4v) is 2.43. The maximum Gasteiger partial charge on any atom is 0.157 e. The van der Waals surface area contributed by atoms with Crippen molar-refractivity contribution in [2.75, 3.05) is 6.61 Å². The van der Waals surface area contributed by atoms with E-state index >= 15 is 0 Å². The van der Waals surface area contributed by atoms with E-state index in [0.717, 1.165) is 18.9 Å². The van der Waals surface area contributed by atoms with Gasteiger partial charge in [-0.2, -0.15) is 0 Å². The zero-order chi connectivity index (χ0) is 8.39. The van der Waals surface area contributed by atoms with Gasteiger partial charge in [-0.3, -0.25) is 0 Å². The third kappa shape index (κ3) is 1.64. The third-order valence-electron chi connectivity index (χ3n) is 3.04. The first kappa shape index (κ1) is 8.52. The van der Waals surface area contributed by atoms with Crippen molar-refractivity contribution in [2.45, 2.75) is 51.4 Å². The summed E-state index contributed by atoms with van der Waals surface area (Å²) in [5, 5.41) is 0. The second-order valence-corrected chi connectivity index (χ2v) is 3.83. The minimum atomic E-state index is 0.106. The molecule has 0 aromatic heterocycles. The van der Waals surface area contributed by atoms with Gasteiger partial charge in [0.2, 0.25) is 0 Å². The van der Waals surface area contributed by atoms with Crippen LogP contribution in [0.1, 0.15) is 39.0 Å². The highest BCUT2D eigenvalue weighted by Crippen LogP contribution is 2.37. The van der Waals surface area contributed by atoms with Crippen molar-refractivity contribution in [2.24, 2.45) is 5.92 Å². The molecule has 0 bridgehead atoms. The van der Waals surface area contributed by atoms with Crippen LogP contribution in [0.15, 0.2) is 0 Å². The van der Waals surface area contributed by atoms with Gasteiger partial charge in [0, 0.05) is 6.61 Å². The average Bonchev–Trinajstić information content (AvgIpc) is 2.51. The number of hydrogen-bond acceptors (Lipinski definition) is 2. The molecular weight excluding hydrogens is 152 g/mol. The molecule has 12 heavy (non-hydrogen) atoms. The lowest BCUT2D eigenvalue weighted by molar-refractivity contribution is -0.201. The summed E-state index contributed by atoms with van der Waals surface area (Å²) in [5.41, 5.74) is 0. The summed E-state index contributed by atoms with van der Waals surface area (Å²) in [6.07, 6.45) is 7.04. The molecule has 0 N–H and O–H groups in total. The van der Waals surface area contributed by atoms with Crippen LogP contribution in [-0.2, 0) is 9.47 Å². The Morgan fingerprint density at radius 3 is 3.00 bits per heavy atom. The van der Waals surface area contributed by atoms with Crippen molar-refractivity contribution in [1.82, 2.24) is 0 Å². The largest absolute Gasteiger partial charge is 0.353 e. The lowest BCUT2D eigenvalue weighted by Gasteiger charge is -2.32. The Kier molecular flexibility index (Phi) is 2.66. The molecule has 1 saturated heterocycles. The zero-order valence-electron chi connectivity index (χ0n) is 7.79. The van der Waals surface area contributed by atoms with E-state index in [0.29, 0.717) is 6.10 Å². The van der Waals surface area contributed by atoms with Gasteiger partial charge in [0.15, 0.2) is 6.29 Å². The lowest BCUT2D eigenvalue weighted by Crippen LogP contribution is -2.33. The maximum atomic E-state index is 5.83. The minimum absolute atomic E-state index is 0.106. The van der Waals surface area contributed by atoms with Crippen molar-refractivity contribution in [1.29, 1.82) is 0 Å². The molecule has 2 fully saturated rings. The highest BCUT2D eigenvalue weighted by atomic mass is 16.7. The molecule has 0 spiro atoms. The summed E-state index contributed by atoms with van der Waals surface area (Å²) >= 11 is 0. The quantitative estimate of drug-likeness (QED) is 0.633. The number of ether oxygens (including phenoxy) is 2. The fourth-order valence-electron chi connectivity index (χ4n) is 2.43. The van der Waals surface area contributed by atoms with E-state index in [9.17, 15) is 0 Å². The molecule has 1 saturated carbocycles. The summed E-state index contributed by atoms with van der Waals surface area (Å²) < 4.78 is 11.3. The van der Waals surface area contributed by atoms with Gasteiger partial charge in [-0.25, -0.2) is 0 Å². The molecule has 1 heterocycles. The van der Waals surface area contributed by atoms with E-state index in [2.05, 4.69) is 0 Å². The summed E-state index contributed by atoms with van der Waals surface area (Å²) in [6.45, 7) is 2.81. The predicted molar refractivity (Wildman–Crippen MR) is 46.9 cm³/mol. The average molecular weight is 170 g/mol. The lowest BCUT2D eigenvalue weighted by atomic mass is 9.97. The summed E-state index contributed by atoms with van der Waals surface area (Å²) in [6, 6.07) is 0. The summed E-state index contributed by atoms with van der Waals surface area (Å²) in [5.74, 6) is 0.849. The van der Waals surface area contributed by atoms with Gasteiger partial charge in [0.05, 0.1) is 6.10 Å². The van der Waals surface area contributed by atoms with Gasteiger partial charge < -0.3 is 9.47 Å². The molecule has 2 aliphatic rings. The normalized spacial score (nSPS) is 41.2. The van der Waals surface area contributed by atoms with Gasteiger partial charge in [0.25, 0.3) is 0 Å². The standard InChI is InChI=1S/C10H18O2/c1-2-11-10-7-6-8-4-3-5-9(8)12-10/h8-10H,2-7H2,1H3. The highest BCUT2D eigenvalue weighted by Gasteiger charge is 2.34. The van der Waals surface area contributed by atoms with Crippen LogP contribution in [0.3, 0.4) is 0 Å². The van der Waals surface area contributed by atoms with Crippen LogP contribution in [0.5, 0.6) is 0 Å². The van der Waals surface area contributed by atoms with Gasteiger partial charge in [-0.05, 0) is 38.5 Å². The fraction of sp³-hybridized carbons (Fsp3) is 1.00. The van der Waals surface area contributed by atoms with Crippen molar-refractivity contribution in [3.63, 3.8) is 0 Å². The molecular formula is C10H18O2. The molecule has 1 aliphatic carbocycles. The Labute approximate surface area is 74.2 Å². The number of hydrogen-bond donors (Lipinski definition) is 0. The highest BCUT2D eigenvalue weighted by molar-refractivity contribution is 4.82. The van der Waals surface area contributed by atoms with Gasteiger partial charge in [0.1, 0.15) is 0 Å². The van der Waals surface area contributed by atoms with Crippen molar-refractivity contribution in [3.8, 4) is 0 Å². The van der Waals surface area contributed by atoms with Crippen molar-refractivity contribution >= 4 is 0 Å². The van der Waals surface area contributed by atoms with E-state index in [1.54, 1.807) is 0 Å². The molecule has 1 aliphatic heterocycles. The molecule has 2 heteroatoms. The molecule has 2 nitrogen and oxygen atoms in total. The second kappa shape index (κ2) is 3.75. The van der Waals surface area contributed by atoms with Crippen LogP contribution >= 0.6 is 0 Å². The SMILES string of the molecule is CCOC1CCC2CCCC2O1. The number of rotatable bonds is 2. The first-order valence-corrected chi connectivity index (χ1v) is 5.17. The second-order valence-electron chi connectivity index (χ2n) is 3.83. The van der Waals surface area contributed by atoms with E-state index in [1.807, 2.05) is 6.92 Å². The Hall–Kier alpha value is -0.0800. The first-order valence-electron chi connectivity index (χ1n) is 5.17. The van der Waals surface area contributed by atoms with Gasteiger partial charge in [-0.1, -0.05) is 6.42 Å². The smallest absolute Gasteiger partial charge is 0.157 e. The first-order chi connectivity index (χ1) is 5.90. The zero-order valence-corrected chi connectivity index (χ0v) is 7.79.